The zero-order chi connectivity index (χ0) is 23.0. The van der Waals surface area contributed by atoms with Gasteiger partial charge in [-0.1, -0.05) is 66.7 Å². The van der Waals surface area contributed by atoms with Crippen LogP contribution in [0.5, 0.6) is 11.5 Å². The Morgan fingerprint density at radius 2 is 1.41 bits per heavy atom. The molecule has 5 aromatic rings. The topological polar surface area (TPSA) is 44.2 Å². The first-order valence-electron chi connectivity index (χ1n) is 11.2. The first-order valence-corrected chi connectivity index (χ1v) is 11.2. The first kappa shape index (κ1) is 21.4. The van der Waals surface area contributed by atoms with E-state index >= 15 is 0 Å². The Balaban J connectivity index is 1.31. The molecule has 0 saturated carbocycles. The van der Waals surface area contributed by atoms with Crippen molar-refractivity contribution in [3.63, 3.8) is 0 Å². The molecule has 0 aliphatic carbocycles. The van der Waals surface area contributed by atoms with Crippen LogP contribution in [0, 0.1) is 0 Å². The third kappa shape index (κ3) is 5.48. The van der Waals surface area contributed by atoms with Crippen LogP contribution in [0.1, 0.15) is 16.8 Å². The second kappa shape index (κ2) is 10.5. The highest BCUT2D eigenvalue weighted by atomic mass is 16.5. The van der Waals surface area contributed by atoms with Crippen LogP contribution < -0.4 is 9.47 Å². The third-order valence-corrected chi connectivity index (χ3v) is 5.45. The van der Waals surface area contributed by atoms with Crippen molar-refractivity contribution in [2.45, 2.75) is 6.61 Å². The van der Waals surface area contributed by atoms with Gasteiger partial charge in [0.05, 0.1) is 11.2 Å². The highest BCUT2D eigenvalue weighted by Crippen LogP contribution is 2.23. The molecule has 2 aromatic heterocycles. The molecule has 0 unspecified atom stereocenters. The molecule has 0 radical (unpaired) electrons. The molecule has 2 heterocycles. The normalized spacial score (nSPS) is 11.4. The summed E-state index contributed by atoms with van der Waals surface area (Å²) in [4.78, 5) is 8.73. The first-order chi connectivity index (χ1) is 16.8. The molecule has 0 spiro atoms. The molecule has 0 atom stereocenters. The number of nitrogens with zero attached hydrogens (tertiary/aromatic N) is 2. The van der Waals surface area contributed by atoms with Gasteiger partial charge in [-0.05, 0) is 59.2 Å². The third-order valence-electron chi connectivity index (χ3n) is 5.45. The van der Waals surface area contributed by atoms with E-state index in [1.54, 1.807) is 12.4 Å². The number of aromatic nitrogens is 2. The van der Waals surface area contributed by atoms with Crippen LogP contribution in [0.3, 0.4) is 0 Å². The summed E-state index contributed by atoms with van der Waals surface area (Å²) in [5.74, 6) is 1.59. The minimum absolute atomic E-state index is 0.419. The molecular weight excluding hydrogens is 420 g/mol. The number of ether oxygens (including phenoxy) is 2. The Morgan fingerprint density at radius 1 is 0.676 bits per heavy atom. The quantitative estimate of drug-likeness (QED) is 0.246. The highest BCUT2D eigenvalue weighted by molar-refractivity contribution is 5.82. The van der Waals surface area contributed by atoms with Crippen molar-refractivity contribution in [1.82, 2.24) is 9.97 Å². The Labute approximate surface area is 199 Å². The Hall–Kier alpha value is -4.44. The van der Waals surface area contributed by atoms with Crippen molar-refractivity contribution in [2.75, 3.05) is 6.61 Å². The fraction of sp³-hybridized carbons (Fsp3) is 0.0667. The SMILES string of the molecule is C(=C(\COc1ccncc1)c1ccc(OCc2ccc3ccccc3n2)cc1)/c1ccccc1. The average Bonchev–Trinajstić information content (AvgIpc) is 2.91. The molecule has 4 nitrogen and oxygen atoms in total. The minimum Gasteiger partial charge on any atom is -0.489 e. The summed E-state index contributed by atoms with van der Waals surface area (Å²) in [7, 11) is 0. The molecule has 0 fully saturated rings. The van der Waals surface area contributed by atoms with E-state index in [1.165, 1.54) is 0 Å². The second-order valence-corrected chi connectivity index (χ2v) is 7.86. The molecule has 0 aliphatic rings. The Morgan fingerprint density at radius 3 is 2.24 bits per heavy atom. The molecule has 3 aromatic carbocycles. The Kier molecular flexibility index (Phi) is 6.58. The number of hydrogen-bond donors (Lipinski definition) is 0. The van der Waals surface area contributed by atoms with E-state index in [1.807, 2.05) is 66.7 Å². The van der Waals surface area contributed by atoms with Gasteiger partial charge in [-0.3, -0.25) is 4.98 Å². The van der Waals surface area contributed by atoms with E-state index in [9.17, 15) is 0 Å². The van der Waals surface area contributed by atoms with Crippen molar-refractivity contribution in [3.05, 3.63) is 132 Å². The summed E-state index contributed by atoms with van der Waals surface area (Å²) in [6.07, 6.45) is 5.61. The number of rotatable bonds is 8. The summed E-state index contributed by atoms with van der Waals surface area (Å²) in [5, 5.41) is 1.13. The molecule has 0 aliphatic heterocycles. The van der Waals surface area contributed by atoms with Gasteiger partial charge in [-0.2, -0.15) is 0 Å². The fourth-order valence-corrected chi connectivity index (χ4v) is 3.67. The number of benzene rings is 3. The van der Waals surface area contributed by atoms with Crippen molar-refractivity contribution in [2.24, 2.45) is 0 Å². The van der Waals surface area contributed by atoms with Crippen molar-refractivity contribution >= 4 is 22.6 Å². The molecule has 0 saturated heterocycles. The van der Waals surface area contributed by atoms with Gasteiger partial charge in [0.1, 0.15) is 24.7 Å². The summed E-state index contributed by atoms with van der Waals surface area (Å²) < 4.78 is 12.0. The standard InChI is InChI=1S/C30H24N2O2/c1-2-6-23(7-3-1)20-26(21-33-29-16-18-31-19-17-29)24-11-14-28(15-12-24)34-22-27-13-10-25-8-4-5-9-30(25)32-27/h1-20H,21-22H2/b26-20-. The number of para-hydroxylation sites is 1. The van der Waals surface area contributed by atoms with Crippen LogP contribution in [-0.4, -0.2) is 16.6 Å². The van der Waals surface area contributed by atoms with Gasteiger partial charge in [-0.25, -0.2) is 4.98 Å². The Bertz CT molecular complexity index is 1380. The van der Waals surface area contributed by atoms with Gasteiger partial charge < -0.3 is 9.47 Å². The number of pyridine rings is 2. The smallest absolute Gasteiger partial charge is 0.130 e. The van der Waals surface area contributed by atoms with Gasteiger partial charge in [-0.15, -0.1) is 0 Å². The fourth-order valence-electron chi connectivity index (χ4n) is 3.67. The van der Waals surface area contributed by atoms with Crippen molar-refractivity contribution in [1.29, 1.82) is 0 Å². The molecule has 166 valence electrons. The molecule has 5 rings (SSSR count). The lowest BCUT2D eigenvalue weighted by Crippen LogP contribution is -2.02. The summed E-state index contributed by atoms with van der Waals surface area (Å²) >= 11 is 0. The van der Waals surface area contributed by atoms with E-state index in [2.05, 4.69) is 52.4 Å². The van der Waals surface area contributed by atoms with Crippen LogP contribution in [0.15, 0.2) is 116 Å². The molecule has 34 heavy (non-hydrogen) atoms. The molecule has 0 bridgehead atoms. The summed E-state index contributed by atoms with van der Waals surface area (Å²) in [5.41, 5.74) is 5.15. The van der Waals surface area contributed by atoms with E-state index in [0.29, 0.717) is 13.2 Å². The van der Waals surface area contributed by atoms with Crippen LogP contribution in [0.2, 0.25) is 0 Å². The summed E-state index contributed by atoms with van der Waals surface area (Å²) in [6.45, 7) is 0.863. The maximum atomic E-state index is 6.02. The zero-order valence-corrected chi connectivity index (χ0v) is 18.7. The van der Waals surface area contributed by atoms with Gasteiger partial charge in [0.25, 0.3) is 0 Å². The van der Waals surface area contributed by atoms with Crippen molar-refractivity contribution in [3.8, 4) is 11.5 Å². The molecule has 0 amide bonds. The number of hydrogen-bond acceptors (Lipinski definition) is 4. The van der Waals surface area contributed by atoms with E-state index < -0.39 is 0 Å². The summed E-state index contributed by atoms with van der Waals surface area (Å²) in [6, 6.07) is 34.2. The second-order valence-electron chi connectivity index (χ2n) is 7.86. The van der Waals surface area contributed by atoms with Crippen LogP contribution in [-0.2, 0) is 6.61 Å². The number of fused-ring (bicyclic) bond motifs is 1. The minimum atomic E-state index is 0.419. The zero-order valence-electron chi connectivity index (χ0n) is 18.7. The van der Waals surface area contributed by atoms with Gasteiger partial charge in [0.2, 0.25) is 0 Å². The molecule has 0 N–H and O–H groups in total. The average molecular weight is 445 g/mol. The lowest BCUT2D eigenvalue weighted by atomic mass is 10.0. The lowest BCUT2D eigenvalue weighted by Gasteiger charge is -2.12. The van der Waals surface area contributed by atoms with Crippen molar-refractivity contribution < 1.29 is 9.47 Å². The van der Waals surface area contributed by atoms with Crippen LogP contribution in [0.4, 0.5) is 0 Å². The molecule has 4 heteroatoms. The largest absolute Gasteiger partial charge is 0.489 e. The predicted molar refractivity (Wildman–Crippen MR) is 137 cm³/mol. The highest BCUT2D eigenvalue weighted by Gasteiger charge is 2.06. The monoisotopic (exact) mass is 444 g/mol. The van der Waals surface area contributed by atoms with E-state index in [0.717, 1.165) is 44.8 Å². The van der Waals surface area contributed by atoms with E-state index in [4.69, 9.17) is 9.47 Å². The van der Waals surface area contributed by atoms with Gasteiger partial charge in [0.15, 0.2) is 0 Å². The lowest BCUT2D eigenvalue weighted by molar-refractivity contribution is 0.302. The van der Waals surface area contributed by atoms with Gasteiger partial charge in [0, 0.05) is 17.8 Å². The predicted octanol–water partition coefficient (Wildman–Crippen LogP) is 6.83. The maximum Gasteiger partial charge on any atom is 0.130 e. The maximum absolute atomic E-state index is 6.02. The van der Waals surface area contributed by atoms with Crippen LogP contribution >= 0.6 is 0 Å². The van der Waals surface area contributed by atoms with E-state index in [-0.39, 0.29) is 0 Å². The molecular formula is C30H24N2O2. The van der Waals surface area contributed by atoms with Crippen LogP contribution in [0.25, 0.3) is 22.6 Å². The van der Waals surface area contributed by atoms with Gasteiger partial charge >= 0.3 is 0 Å².